The molecule has 0 aromatic heterocycles. The van der Waals surface area contributed by atoms with E-state index in [1.807, 2.05) is 0 Å². The number of aliphatic hydroxyl groups is 1. The maximum Gasteiger partial charge on any atom is 0.227 e. The van der Waals surface area contributed by atoms with Crippen molar-refractivity contribution in [2.45, 2.75) is 39.7 Å². The second-order valence-corrected chi connectivity index (χ2v) is 5.13. The monoisotopic (exact) mass is 228 g/mol. The lowest BCUT2D eigenvalue weighted by atomic mass is 9.75. The average molecular weight is 228 g/mol. The van der Waals surface area contributed by atoms with Gasteiger partial charge in [-0.25, -0.2) is 0 Å². The normalized spacial score (nSPS) is 27.1. The molecule has 0 aromatic carbocycles. The Morgan fingerprint density at radius 2 is 2.19 bits per heavy atom. The maximum atomic E-state index is 12.2. The van der Waals surface area contributed by atoms with Crippen molar-refractivity contribution >= 4 is 5.91 Å². The van der Waals surface area contributed by atoms with Gasteiger partial charge in [0.2, 0.25) is 5.91 Å². The van der Waals surface area contributed by atoms with E-state index in [1.165, 1.54) is 0 Å². The van der Waals surface area contributed by atoms with E-state index in [1.54, 1.807) is 6.92 Å². The summed E-state index contributed by atoms with van der Waals surface area (Å²) in [5.41, 5.74) is -0.251. The lowest BCUT2D eigenvalue weighted by molar-refractivity contribution is -0.132. The van der Waals surface area contributed by atoms with Crippen molar-refractivity contribution < 1.29 is 9.90 Å². The van der Waals surface area contributed by atoms with Gasteiger partial charge in [0.1, 0.15) is 0 Å². The Balaban J connectivity index is 2.49. The van der Waals surface area contributed by atoms with Crippen LogP contribution in [0.5, 0.6) is 0 Å². The topological polar surface area (TPSA) is 61.4 Å². The molecular formula is C12H24N2O2. The molecular weight excluding hydrogens is 204 g/mol. The van der Waals surface area contributed by atoms with Crippen LogP contribution in [-0.2, 0) is 4.79 Å². The number of hydrogen-bond acceptors (Lipinski definition) is 3. The summed E-state index contributed by atoms with van der Waals surface area (Å²) in [5, 5.41) is 15.3. The van der Waals surface area contributed by atoms with E-state index in [0.717, 1.165) is 19.5 Å². The molecule has 4 nitrogen and oxygen atoms in total. The molecule has 2 atom stereocenters. The highest BCUT2D eigenvalue weighted by atomic mass is 16.3. The van der Waals surface area contributed by atoms with Gasteiger partial charge >= 0.3 is 0 Å². The second-order valence-electron chi connectivity index (χ2n) is 5.13. The van der Waals surface area contributed by atoms with E-state index in [4.69, 9.17) is 5.11 Å². The van der Waals surface area contributed by atoms with Gasteiger partial charge in [-0.1, -0.05) is 13.8 Å². The SMILES string of the molecule is CC(O)CCNC(=O)C1(C(C)C)CCNC1. The summed E-state index contributed by atoms with van der Waals surface area (Å²) >= 11 is 0. The Bertz CT molecular complexity index is 233. The van der Waals surface area contributed by atoms with E-state index in [9.17, 15) is 4.79 Å². The molecule has 94 valence electrons. The molecule has 4 heteroatoms. The molecule has 2 unspecified atom stereocenters. The Hall–Kier alpha value is -0.610. The fourth-order valence-electron chi connectivity index (χ4n) is 2.23. The number of carbonyl (C=O) groups is 1. The zero-order valence-corrected chi connectivity index (χ0v) is 10.5. The van der Waals surface area contributed by atoms with Crippen LogP contribution in [0.4, 0.5) is 0 Å². The van der Waals surface area contributed by atoms with Gasteiger partial charge in [-0.05, 0) is 32.2 Å². The number of aliphatic hydroxyl groups excluding tert-OH is 1. The Kier molecular flexibility index (Phi) is 4.74. The third-order valence-electron chi connectivity index (χ3n) is 3.59. The van der Waals surface area contributed by atoms with E-state index in [2.05, 4.69) is 24.5 Å². The Morgan fingerprint density at radius 1 is 1.50 bits per heavy atom. The average Bonchev–Trinajstić information content (AvgIpc) is 2.66. The molecule has 0 aromatic rings. The highest BCUT2D eigenvalue weighted by Crippen LogP contribution is 2.34. The fraction of sp³-hybridized carbons (Fsp3) is 0.917. The quantitative estimate of drug-likeness (QED) is 0.642. The largest absolute Gasteiger partial charge is 0.393 e. The molecule has 0 bridgehead atoms. The van der Waals surface area contributed by atoms with E-state index >= 15 is 0 Å². The van der Waals surface area contributed by atoms with Crippen molar-refractivity contribution in [1.82, 2.24) is 10.6 Å². The summed E-state index contributed by atoms with van der Waals surface area (Å²) in [6.07, 6.45) is 1.18. The van der Waals surface area contributed by atoms with Gasteiger partial charge < -0.3 is 15.7 Å². The zero-order chi connectivity index (χ0) is 12.2. The molecule has 1 heterocycles. The number of carbonyl (C=O) groups excluding carboxylic acids is 1. The molecule has 1 aliphatic heterocycles. The number of amides is 1. The Morgan fingerprint density at radius 3 is 2.62 bits per heavy atom. The molecule has 16 heavy (non-hydrogen) atoms. The van der Waals surface area contributed by atoms with E-state index < -0.39 is 0 Å². The standard InChI is InChI=1S/C12H24N2O2/c1-9(2)12(5-7-13-8-12)11(16)14-6-4-10(3)15/h9-10,13,15H,4-8H2,1-3H3,(H,14,16). The predicted molar refractivity (Wildman–Crippen MR) is 64.1 cm³/mol. The Labute approximate surface area is 97.8 Å². The van der Waals surface area contributed by atoms with Crippen LogP contribution in [0.25, 0.3) is 0 Å². The maximum absolute atomic E-state index is 12.2. The van der Waals surface area contributed by atoms with Crippen molar-refractivity contribution in [3.63, 3.8) is 0 Å². The van der Waals surface area contributed by atoms with Gasteiger partial charge in [0.25, 0.3) is 0 Å². The van der Waals surface area contributed by atoms with Gasteiger partial charge in [0, 0.05) is 13.1 Å². The summed E-state index contributed by atoms with van der Waals surface area (Å²) in [6.45, 7) is 8.18. The van der Waals surface area contributed by atoms with Crippen molar-refractivity contribution in [2.24, 2.45) is 11.3 Å². The smallest absolute Gasteiger partial charge is 0.227 e. The number of hydrogen-bond donors (Lipinski definition) is 3. The van der Waals surface area contributed by atoms with Gasteiger partial charge in [-0.15, -0.1) is 0 Å². The van der Waals surface area contributed by atoms with Crippen molar-refractivity contribution in [3.8, 4) is 0 Å². The summed E-state index contributed by atoms with van der Waals surface area (Å²) in [6, 6.07) is 0. The van der Waals surface area contributed by atoms with Crippen LogP contribution in [0.3, 0.4) is 0 Å². The third-order valence-corrected chi connectivity index (χ3v) is 3.59. The van der Waals surface area contributed by atoms with Gasteiger partial charge in [0.05, 0.1) is 11.5 Å². The molecule has 0 radical (unpaired) electrons. The lowest BCUT2D eigenvalue weighted by Gasteiger charge is -2.31. The fourth-order valence-corrected chi connectivity index (χ4v) is 2.23. The van der Waals surface area contributed by atoms with Crippen LogP contribution >= 0.6 is 0 Å². The van der Waals surface area contributed by atoms with Gasteiger partial charge in [-0.2, -0.15) is 0 Å². The molecule has 1 rings (SSSR count). The second kappa shape index (κ2) is 5.64. The third kappa shape index (κ3) is 2.95. The first kappa shape index (κ1) is 13.5. The molecule has 1 saturated heterocycles. The molecule has 0 saturated carbocycles. The highest BCUT2D eigenvalue weighted by Gasteiger charge is 2.43. The van der Waals surface area contributed by atoms with Crippen LogP contribution in [-0.4, -0.2) is 36.8 Å². The predicted octanol–water partition coefficient (Wildman–Crippen LogP) is 0.509. The molecule has 0 aliphatic carbocycles. The summed E-state index contributed by atoms with van der Waals surface area (Å²) in [5.74, 6) is 0.474. The van der Waals surface area contributed by atoms with E-state index in [-0.39, 0.29) is 17.4 Å². The van der Waals surface area contributed by atoms with Crippen LogP contribution in [0.1, 0.15) is 33.6 Å². The van der Waals surface area contributed by atoms with Crippen LogP contribution < -0.4 is 10.6 Å². The van der Waals surface area contributed by atoms with Crippen LogP contribution in [0.15, 0.2) is 0 Å². The molecule has 0 spiro atoms. The highest BCUT2D eigenvalue weighted by molar-refractivity contribution is 5.83. The minimum absolute atomic E-state index is 0.133. The molecule has 1 fully saturated rings. The van der Waals surface area contributed by atoms with Crippen LogP contribution in [0, 0.1) is 11.3 Å². The van der Waals surface area contributed by atoms with Crippen molar-refractivity contribution in [3.05, 3.63) is 0 Å². The van der Waals surface area contributed by atoms with Crippen molar-refractivity contribution in [2.75, 3.05) is 19.6 Å². The van der Waals surface area contributed by atoms with Crippen molar-refractivity contribution in [1.29, 1.82) is 0 Å². The number of nitrogens with one attached hydrogen (secondary N) is 2. The van der Waals surface area contributed by atoms with Gasteiger partial charge in [-0.3, -0.25) is 4.79 Å². The molecule has 1 aliphatic rings. The minimum atomic E-state index is -0.350. The first-order valence-electron chi connectivity index (χ1n) is 6.16. The zero-order valence-electron chi connectivity index (χ0n) is 10.5. The summed E-state index contributed by atoms with van der Waals surface area (Å²) < 4.78 is 0. The molecule has 3 N–H and O–H groups in total. The van der Waals surface area contributed by atoms with Gasteiger partial charge in [0.15, 0.2) is 0 Å². The minimum Gasteiger partial charge on any atom is -0.393 e. The first-order chi connectivity index (χ1) is 7.49. The number of rotatable bonds is 5. The molecule has 1 amide bonds. The summed E-state index contributed by atoms with van der Waals surface area (Å²) in [7, 11) is 0. The van der Waals surface area contributed by atoms with Crippen LogP contribution in [0.2, 0.25) is 0 Å². The lowest BCUT2D eigenvalue weighted by Crippen LogP contribution is -2.46. The first-order valence-corrected chi connectivity index (χ1v) is 6.16. The van der Waals surface area contributed by atoms with E-state index in [0.29, 0.717) is 18.9 Å². The summed E-state index contributed by atoms with van der Waals surface area (Å²) in [4.78, 5) is 12.2.